The summed E-state index contributed by atoms with van der Waals surface area (Å²) >= 11 is 0. The molecule has 1 fully saturated rings. The van der Waals surface area contributed by atoms with E-state index in [-0.39, 0.29) is 18.5 Å². The van der Waals surface area contributed by atoms with E-state index in [1.165, 1.54) is 25.4 Å². The van der Waals surface area contributed by atoms with Gasteiger partial charge in [0.25, 0.3) is 0 Å². The van der Waals surface area contributed by atoms with Gasteiger partial charge in [-0.15, -0.1) is 10.2 Å². The number of halogens is 2. The minimum Gasteiger partial charge on any atom is -0.465 e. The predicted molar refractivity (Wildman–Crippen MR) is 117 cm³/mol. The molecule has 0 saturated heterocycles. The summed E-state index contributed by atoms with van der Waals surface area (Å²) in [5.74, 6) is -0.415. The number of aromatic nitrogens is 3. The average molecular weight is 439 g/mol. The minimum atomic E-state index is -0.976. The molecular formula is C23H23F2N5O2. The zero-order chi connectivity index (χ0) is 22.7. The van der Waals surface area contributed by atoms with Crippen molar-refractivity contribution < 1.29 is 18.3 Å². The van der Waals surface area contributed by atoms with Gasteiger partial charge in [0.05, 0.1) is 24.1 Å². The van der Waals surface area contributed by atoms with Crippen LogP contribution in [0.2, 0.25) is 0 Å². The first kappa shape index (κ1) is 21.6. The van der Waals surface area contributed by atoms with Crippen LogP contribution in [0.3, 0.4) is 0 Å². The van der Waals surface area contributed by atoms with Crippen molar-refractivity contribution in [2.24, 2.45) is 0 Å². The van der Waals surface area contributed by atoms with Gasteiger partial charge in [0.1, 0.15) is 17.8 Å². The van der Waals surface area contributed by atoms with Crippen molar-refractivity contribution in [3.05, 3.63) is 65.7 Å². The Bertz CT molecular complexity index is 1120. The minimum absolute atomic E-state index is 0.202. The van der Waals surface area contributed by atoms with E-state index in [0.717, 1.165) is 0 Å². The van der Waals surface area contributed by atoms with Gasteiger partial charge in [0.15, 0.2) is 0 Å². The van der Waals surface area contributed by atoms with E-state index in [1.807, 2.05) is 6.07 Å². The van der Waals surface area contributed by atoms with Crippen molar-refractivity contribution in [2.75, 3.05) is 31.3 Å². The lowest BCUT2D eigenvalue weighted by Gasteiger charge is -2.44. The van der Waals surface area contributed by atoms with E-state index in [1.54, 1.807) is 31.3 Å². The molecule has 0 aliphatic heterocycles. The number of anilines is 2. The molecule has 1 aliphatic carbocycles. The second kappa shape index (κ2) is 8.86. The quantitative estimate of drug-likeness (QED) is 0.538. The van der Waals surface area contributed by atoms with Crippen molar-refractivity contribution in [1.29, 1.82) is 0 Å². The summed E-state index contributed by atoms with van der Waals surface area (Å²) in [6.45, 7) is 0.290. The number of ether oxygens (including phenoxy) is 1. The normalized spacial score (nSPS) is 19.7. The van der Waals surface area contributed by atoms with Gasteiger partial charge < -0.3 is 15.4 Å². The van der Waals surface area contributed by atoms with E-state index in [9.17, 15) is 13.6 Å². The van der Waals surface area contributed by atoms with Crippen molar-refractivity contribution in [2.45, 2.75) is 24.4 Å². The number of rotatable bonds is 7. The monoisotopic (exact) mass is 439 g/mol. The Morgan fingerprint density at radius 1 is 1.22 bits per heavy atom. The first-order valence-corrected chi connectivity index (χ1v) is 10.2. The molecule has 2 N–H and O–H groups in total. The Kier molecular flexibility index (Phi) is 5.98. The summed E-state index contributed by atoms with van der Waals surface area (Å²) in [5, 5.41) is 14.5. The lowest BCUT2D eigenvalue weighted by molar-refractivity contribution is 0.0602. The van der Waals surface area contributed by atoms with E-state index in [0.29, 0.717) is 34.9 Å². The third-order valence-corrected chi connectivity index (χ3v) is 5.75. The zero-order valence-corrected chi connectivity index (χ0v) is 17.7. The van der Waals surface area contributed by atoms with Crippen LogP contribution < -0.4 is 10.6 Å². The Morgan fingerprint density at radius 2 is 2.03 bits per heavy atom. The summed E-state index contributed by atoms with van der Waals surface area (Å²) in [4.78, 5) is 16.2. The van der Waals surface area contributed by atoms with E-state index in [4.69, 9.17) is 4.74 Å². The van der Waals surface area contributed by atoms with Crippen LogP contribution >= 0.6 is 0 Å². The van der Waals surface area contributed by atoms with Gasteiger partial charge in [0.2, 0.25) is 0 Å². The molecule has 1 aromatic carbocycles. The van der Waals surface area contributed by atoms with Crippen LogP contribution in [-0.4, -0.2) is 48.0 Å². The highest BCUT2D eigenvalue weighted by Crippen LogP contribution is 2.45. The lowest BCUT2D eigenvalue weighted by atomic mass is 9.65. The molecule has 7 nitrogen and oxygen atoms in total. The van der Waals surface area contributed by atoms with Gasteiger partial charge in [0, 0.05) is 36.5 Å². The molecule has 32 heavy (non-hydrogen) atoms. The molecule has 2 aromatic heterocycles. The molecule has 0 radical (unpaired) electrons. The molecule has 2 heterocycles. The van der Waals surface area contributed by atoms with Crippen molar-refractivity contribution in [3.63, 3.8) is 0 Å². The molecule has 4 rings (SSSR count). The number of esters is 1. The third-order valence-electron chi connectivity index (χ3n) is 5.75. The van der Waals surface area contributed by atoms with Crippen LogP contribution in [0.4, 0.5) is 20.3 Å². The maximum Gasteiger partial charge on any atom is 0.339 e. The standard InChI is InChI=1S/C23H23F2N5O2/c1-26-19-6-5-14(10-16(19)22(31)32-2)18-7-8-20(30-29-18)28-13-23(11-15(24)12-23)21-17(25)4-3-9-27-21/h3-10,15,26H,11-13H2,1-2H3,(H,28,30)/t15-,23-. The molecule has 0 atom stereocenters. The van der Waals surface area contributed by atoms with Crippen molar-refractivity contribution >= 4 is 17.5 Å². The van der Waals surface area contributed by atoms with E-state index >= 15 is 0 Å². The number of alkyl halides is 1. The maximum atomic E-state index is 14.3. The molecular weight excluding hydrogens is 416 g/mol. The lowest BCUT2D eigenvalue weighted by Crippen LogP contribution is -2.49. The van der Waals surface area contributed by atoms with Crippen molar-refractivity contribution in [1.82, 2.24) is 15.2 Å². The molecule has 3 aromatic rings. The Morgan fingerprint density at radius 3 is 2.66 bits per heavy atom. The molecule has 1 aliphatic rings. The Balaban J connectivity index is 1.51. The van der Waals surface area contributed by atoms with Crippen LogP contribution in [0, 0.1) is 5.82 Å². The molecule has 0 unspecified atom stereocenters. The average Bonchev–Trinajstić information content (AvgIpc) is 2.81. The maximum absolute atomic E-state index is 14.3. The van der Waals surface area contributed by atoms with Gasteiger partial charge in [-0.05, 0) is 49.2 Å². The first-order valence-electron chi connectivity index (χ1n) is 10.2. The van der Waals surface area contributed by atoms with E-state index in [2.05, 4.69) is 25.8 Å². The molecule has 1 saturated carbocycles. The largest absolute Gasteiger partial charge is 0.465 e. The zero-order valence-electron chi connectivity index (χ0n) is 17.7. The molecule has 166 valence electrons. The summed E-state index contributed by atoms with van der Waals surface area (Å²) in [5.41, 5.74) is 1.86. The number of hydrogen-bond acceptors (Lipinski definition) is 7. The van der Waals surface area contributed by atoms with E-state index < -0.39 is 23.4 Å². The fraction of sp³-hybridized carbons (Fsp3) is 0.304. The SMILES string of the molecule is CNc1ccc(-c2ccc(NC[C@]3(c4ncccc4F)C[C@H](F)C3)nn2)cc1C(=O)OC. The molecule has 9 heteroatoms. The smallest absolute Gasteiger partial charge is 0.339 e. The molecule has 0 spiro atoms. The number of carbonyl (C=O) groups is 1. The number of methoxy groups -OCH3 is 1. The van der Waals surface area contributed by atoms with Gasteiger partial charge in [-0.3, -0.25) is 4.98 Å². The summed E-state index contributed by atoms with van der Waals surface area (Å²) < 4.78 is 32.8. The molecule has 0 amide bonds. The third kappa shape index (κ3) is 4.10. The highest BCUT2D eigenvalue weighted by atomic mass is 19.1. The summed E-state index contributed by atoms with van der Waals surface area (Å²) in [7, 11) is 3.05. The number of nitrogens with one attached hydrogen (secondary N) is 2. The number of nitrogens with zero attached hydrogens (tertiary/aromatic N) is 3. The van der Waals surface area contributed by atoms with Crippen LogP contribution in [0.5, 0.6) is 0 Å². The van der Waals surface area contributed by atoms with Gasteiger partial charge >= 0.3 is 5.97 Å². The van der Waals surface area contributed by atoms with Crippen molar-refractivity contribution in [3.8, 4) is 11.3 Å². The van der Waals surface area contributed by atoms with Crippen LogP contribution in [0.15, 0.2) is 48.7 Å². The number of hydrogen-bond donors (Lipinski definition) is 2. The van der Waals surface area contributed by atoms with Crippen LogP contribution in [-0.2, 0) is 10.2 Å². The fourth-order valence-corrected chi connectivity index (χ4v) is 4.03. The summed E-state index contributed by atoms with van der Waals surface area (Å²) in [6, 6.07) is 11.6. The van der Waals surface area contributed by atoms with Gasteiger partial charge in [-0.25, -0.2) is 13.6 Å². The Labute approximate surface area is 184 Å². The summed E-state index contributed by atoms with van der Waals surface area (Å²) in [6.07, 6.45) is 0.944. The predicted octanol–water partition coefficient (Wildman–Crippen LogP) is 3.99. The van der Waals surface area contributed by atoms with Crippen LogP contribution in [0.25, 0.3) is 11.3 Å². The Hall–Kier alpha value is -3.62. The number of carbonyl (C=O) groups excluding carboxylic acids is 1. The molecule has 0 bridgehead atoms. The van der Waals surface area contributed by atoms with Gasteiger partial charge in [-0.2, -0.15) is 0 Å². The topological polar surface area (TPSA) is 89.0 Å². The number of benzene rings is 1. The number of pyridine rings is 1. The second-order valence-electron chi connectivity index (χ2n) is 7.78. The van der Waals surface area contributed by atoms with Gasteiger partial charge in [-0.1, -0.05) is 6.07 Å². The van der Waals surface area contributed by atoms with Crippen LogP contribution in [0.1, 0.15) is 28.9 Å². The highest BCUT2D eigenvalue weighted by Gasteiger charge is 2.48. The fourth-order valence-electron chi connectivity index (χ4n) is 4.03. The second-order valence-corrected chi connectivity index (χ2v) is 7.78. The first-order chi connectivity index (χ1) is 15.5. The highest BCUT2D eigenvalue weighted by molar-refractivity contribution is 5.97.